The number of sulfone groups is 1. The second-order valence-corrected chi connectivity index (χ2v) is 7.01. The molecule has 1 saturated heterocycles. The van der Waals surface area contributed by atoms with Gasteiger partial charge in [-0.05, 0) is 17.7 Å². The zero-order chi connectivity index (χ0) is 15.6. The van der Waals surface area contributed by atoms with Crippen LogP contribution in [-0.4, -0.2) is 50.8 Å². The lowest BCUT2D eigenvalue weighted by Crippen LogP contribution is -2.45. The summed E-state index contributed by atoms with van der Waals surface area (Å²) in [6.07, 6.45) is -0.430. The number of nitrogens with two attached hydrogens (primary N) is 1. The van der Waals surface area contributed by atoms with Gasteiger partial charge in [-0.1, -0.05) is 6.07 Å². The Morgan fingerprint density at radius 3 is 2.57 bits per heavy atom. The molecule has 1 aliphatic rings. The molecule has 1 fully saturated rings. The van der Waals surface area contributed by atoms with E-state index < -0.39 is 27.8 Å². The summed E-state index contributed by atoms with van der Waals surface area (Å²) < 4.78 is 33.0. The first-order chi connectivity index (χ1) is 9.86. The first-order valence-electron chi connectivity index (χ1n) is 6.34. The van der Waals surface area contributed by atoms with Gasteiger partial charge in [0.15, 0.2) is 21.3 Å². The molecule has 0 radical (unpaired) electrons. The third kappa shape index (κ3) is 3.45. The molecule has 8 heteroatoms. The predicted octanol–water partition coefficient (Wildman–Crippen LogP) is -0.00210. The van der Waals surface area contributed by atoms with Crippen LogP contribution in [0.5, 0.6) is 11.5 Å². The third-order valence-corrected chi connectivity index (χ3v) is 5.06. The van der Waals surface area contributed by atoms with Gasteiger partial charge in [-0.2, -0.15) is 0 Å². The lowest BCUT2D eigenvalue weighted by atomic mass is 9.99. The lowest BCUT2D eigenvalue weighted by molar-refractivity contribution is -0.138. The molecule has 1 aliphatic heterocycles. The maximum absolute atomic E-state index is 11.1. The molecular weight excluding hydrogens is 298 g/mol. The highest BCUT2D eigenvalue weighted by Gasteiger charge is 2.36. The van der Waals surface area contributed by atoms with E-state index in [1.54, 1.807) is 12.1 Å². The molecule has 0 bridgehead atoms. The van der Waals surface area contributed by atoms with Crippen molar-refractivity contribution in [1.82, 2.24) is 0 Å². The third-order valence-electron chi connectivity index (χ3n) is 3.30. The van der Waals surface area contributed by atoms with Gasteiger partial charge in [0.25, 0.3) is 0 Å². The van der Waals surface area contributed by atoms with Crippen LogP contribution in [0.1, 0.15) is 11.5 Å². The van der Waals surface area contributed by atoms with Crippen molar-refractivity contribution in [3.8, 4) is 11.5 Å². The van der Waals surface area contributed by atoms with Crippen LogP contribution in [-0.2, 0) is 14.6 Å². The van der Waals surface area contributed by atoms with Gasteiger partial charge in [0.2, 0.25) is 0 Å². The number of benzene rings is 1. The Hall–Kier alpha value is -1.80. The number of carboxylic acids is 1. The van der Waals surface area contributed by atoms with Gasteiger partial charge in [-0.3, -0.25) is 4.79 Å². The SMILES string of the molecule is COc1ccc(C(CN)C(=O)O)cc1OC1CS(=O)(=O)C1. The molecule has 0 aliphatic carbocycles. The molecule has 1 unspecified atom stereocenters. The fraction of sp³-hybridized carbons (Fsp3) is 0.462. The fourth-order valence-corrected chi connectivity index (χ4v) is 3.32. The average Bonchev–Trinajstić information content (AvgIpc) is 2.37. The molecule has 21 heavy (non-hydrogen) atoms. The smallest absolute Gasteiger partial charge is 0.312 e. The molecule has 0 amide bonds. The van der Waals surface area contributed by atoms with Crippen LogP contribution in [0.15, 0.2) is 18.2 Å². The minimum atomic E-state index is -2.99. The van der Waals surface area contributed by atoms with Gasteiger partial charge in [0.1, 0.15) is 6.10 Å². The molecule has 1 heterocycles. The molecule has 0 saturated carbocycles. The van der Waals surface area contributed by atoms with Crippen LogP contribution >= 0.6 is 0 Å². The summed E-state index contributed by atoms with van der Waals surface area (Å²) in [5, 5.41) is 9.12. The summed E-state index contributed by atoms with van der Waals surface area (Å²) >= 11 is 0. The van der Waals surface area contributed by atoms with E-state index in [0.29, 0.717) is 17.1 Å². The zero-order valence-corrected chi connectivity index (χ0v) is 12.3. The molecule has 1 aromatic rings. The first-order valence-corrected chi connectivity index (χ1v) is 8.16. The summed E-state index contributed by atoms with van der Waals surface area (Å²) in [6, 6.07) is 4.73. The van der Waals surface area contributed by atoms with Crippen molar-refractivity contribution >= 4 is 15.8 Å². The summed E-state index contributed by atoms with van der Waals surface area (Å²) in [5.74, 6) is -1.21. The second kappa shape index (κ2) is 5.90. The minimum absolute atomic E-state index is 0.0420. The lowest BCUT2D eigenvalue weighted by Gasteiger charge is -2.27. The largest absolute Gasteiger partial charge is 0.493 e. The van der Waals surface area contributed by atoms with E-state index in [4.69, 9.17) is 20.3 Å². The number of carbonyl (C=O) groups is 1. The quantitative estimate of drug-likeness (QED) is 0.759. The summed E-state index contributed by atoms with van der Waals surface area (Å²) in [6.45, 7) is -0.0427. The summed E-state index contributed by atoms with van der Waals surface area (Å²) in [4.78, 5) is 11.1. The van der Waals surface area contributed by atoms with E-state index in [9.17, 15) is 13.2 Å². The fourth-order valence-electron chi connectivity index (χ4n) is 2.15. The maximum Gasteiger partial charge on any atom is 0.312 e. The Bertz CT molecular complexity index is 630. The van der Waals surface area contributed by atoms with E-state index in [0.717, 1.165) is 0 Å². The summed E-state index contributed by atoms with van der Waals surface area (Å²) in [7, 11) is -1.54. The van der Waals surface area contributed by atoms with Gasteiger partial charge in [-0.15, -0.1) is 0 Å². The monoisotopic (exact) mass is 315 g/mol. The van der Waals surface area contributed by atoms with Crippen molar-refractivity contribution in [2.24, 2.45) is 5.73 Å². The Labute approximate surface area is 122 Å². The van der Waals surface area contributed by atoms with Crippen LogP contribution in [0.25, 0.3) is 0 Å². The topological polar surface area (TPSA) is 116 Å². The van der Waals surface area contributed by atoms with Gasteiger partial charge in [0.05, 0.1) is 24.5 Å². The second-order valence-electron chi connectivity index (χ2n) is 4.85. The molecule has 3 N–H and O–H groups in total. The van der Waals surface area contributed by atoms with Gasteiger partial charge >= 0.3 is 5.97 Å². The van der Waals surface area contributed by atoms with Crippen molar-refractivity contribution in [2.45, 2.75) is 12.0 Å². The molecule has 7 nitrogen and oxygen atoms in total. The average molecular weight is 315 g/mol. The molecule has 2 rings (SSSR count). The van der Waals surface area contributed by atoms with Gasteiger partial charge in [-0.25, -0.2) is 8.42 Å². The summed E-state index contributed by atoms with van der Waals surface area (Å²) in [5.41, 5.74) is 5.96. The van der Waals surface area contributed by atoms with E-state index >= 15 is 0 Å². The number of aliphatic carboxylic acids is 1. The standard InChI is InChI=1S/C13H17NO6S/c1-19-11-3-2-8(10(5-14)13(15)16)4-12(11)20-9-6-21(17,18)7-9/h2-4,9-10H,5-7,14H2,1H3,(H,15,16). The Morgan fingerprint density at radius 2 is 2.10 bits per heavy atom. The number of hydrogen-bond acceptors (Lipinski definition) is 6. The highest BCUT2D eigenvalue weighted by atomic mass is 32.2. The Balaban J connectivity index is 2.24. The number of rotatable bonds is 6. The molecule has 116 valence electrons. The Morgan fingerprint density at radius 1 is 1.43 bits per heavy atom. The van der Waals surface area contributed by atoms with Crippen LogP contribution in [0.4, 0.5) is 0 Å². The molecule has 1 atom stereocenters. The highest BCUT2D eigenvalue weighted by Crippen LogP contribution is 2.33. The highest BCUT2D eigenvalue weighted by molar-refractivity contribution is 7.92. The van der Waals surface area contributed by atoms with Crippen molar-refractivity contribution < 1.29 is 27.8 Å². The molecule has 0 aromatic heterocycles. The van der Waals surface area contributed by atoms with E-state index in [1.165, 1.54) is 13.2 Å². The Kier molecular flexibility index (Phi) is 4.38. The van der Waals surface area contributed by atoms with Gasteiger partial charge in [0, 0.05) is 6.54 Å². The first kappa shape index (κ1) is 15.6. The van der Waals surface area contributed by atoms with Crippen molar-refractivity contribution in [3.63, 3.8) is 0 Å². The van der Waals surface area contributed by atoms with Gasteiger partial charge < -0.3 is 20.3 Å². The normalized spacial score (nSPS) is 18.6. The van der Waals surface area contributed by atoms with E-state index in [2.05, 4.69) is 0 Å². The van der Waals surface area contributed by atoms with Crippen molar-refractivity contribution in [1.29, 1.82) is 0 Å². The molecule has 1 aromatic carbocycles. The van der Waals surface area contributed by atoms with Crippen molar-refractivity contribution in [2.75, 3.05) is 25.2 Å². The number of carboxylic acid groups (broad SMARTS) is 1. The van der Waals surface area contributed by atoms with Crippen LogP contribution in [0.2, 0.25) is 0 Å². The zero-order valence-electron chi connectivity index (χ0n) is 11.5. The number of methoxy groups -OCH3 is 1. The predicted molar refractivity (Wildman–Crippen MR) is 75.5 cm³/mol. The molecule has 0 spiro atoms. The van der Waals surface area contributed by atoms with Crippen LogP contribution in [0.3, 0.4) is 0 Å². The van der Waals surface area contributed by atoms with Crippen LogP contribution < -0.4 is 15.2 Å². The number of hydrogen-bond donors (Lipinski definition) is 2. The van der Waals surface area contributed by atoms with E-state index in [-0.39, 0.29) is 18.1 Å². The molecular formula is C13H17NO6S. The van der Waals surface area contributed by atoms with E-state index in [1.807, 2.05) is 0 Å². The van der Waals surface area contributed by atoms with Crippen LogP contribution in [0, 0.1) is 0 Å². The minimum Gasteiger partial charge on any atom is -0.493 e. The maximum atomic E-state index is 11.1. The number of ether oxygens (including phenoxy) is 2. The van der Waals surface area contributed by atoms with Crippen molar-refractivity contribution in [3.05, 3.63) is 23.8 Å².